The predicted octanol–water partition coefficient (Wildman–Crippen LogP) is 4.81. The maximum Gasteiger partial charge on any atom is 0.0705 e. The Balaban J connectivity index is 1.60. The van der Waals surface area contributed by atoms with E-state index in [1.165, 1.54) is 35.2 Å². The summed E-state index contributed by atoms with van der Waals surface area (Å²) in [7, 11) is 2.19. The van der Waals surface area contributed by atoms with Gasteiger partial charge in [-0.3, -0.25) is 9.80 Å². The lowest BCUT2D eigenvalue weighted by Crippen LogP contribution is -2.36. The number of anilines is 1. The van der Waals surface area contributed by atoms with E-state index in [4.69, 9.17) is 23.2 Å². The molecule has 1 saturated heterocycles. The van der Waals surface area contributed by atoms with Crippen molar-refractivity contribution in [2.24, 2.45) is 0 Å². The molecule has 0 aromatic heterocycles. The molecule has 2 aromatic carbocycles. The maximum atomic E-state index is 6.65. The SMILES string of the molecule is CN1CCN(c2ccccc2[C@@H]2CN(C3CC3)Cc3c(Cl)cc(Cl)cc32)C1. The average molecular weight is 402 g/mol. The molecule has 2 heterocycles. The minimum Gasteiger partial charge on any atom is -0.357 e. The van der Waals surface area contributed by atoms with E-state index in [9.17, 15) is 0 Å². The molecular formula is C22H25Cl2N3. The monoisotopic (exact) mass is 401 g/mol. The zero-order chi connectivity index (χ0) is 18.5. The summed E-state index contributed by atoms with van der Waals surface area (Å²) in [5.41, 5.74) is 5.33. The highest BCUT2D eigenvalue weighted by Crippen LogP contribution is 2.44. The first-order valence-corrected chi connectivity index (χ1v) is 10.6. The molecule has 0 bridgehead atoms. The summed E-state index contributed by atoms with van der Waals surface area (Å²) in [4.78, 5) is 7.49. The molecule has 0 radical (unpaired) electrons. The number of nitrogens with zero attached hydrogens (tertiary/aromatic N) is 3. The van der Waals surface area contributed by atoms with Crippen LogP contribution in [-0.4, -0.2) is 49.2 Å². The van der Waals surface area contributed by atoms with Crippen molar-refractivity contribution in [3.8, 4) is 0 Å². The van der Waals surface area contributed by atoms with Crippen molar-refractivity contribution in [2.45, 2.75) is 31.3 Å². The van der Waals surface area contributed by atoms with Crippen molar-refractivity contribution >= 4 is 28.9 Å². The summed E-state index contributed by atoms with van der Waals surface area (Å²) in [5.74, 6) is 0.313. The van der Waals surface area contributed by atoms with Crippen molar-refractivity contribution in [3.63, 3.8) is 0 Å². The molecule has 1 saturated carbocycles. The van der Waals surface area contributed by atoms with Gasteiger partial charge in [0.2, 0.25) is 0 Å². The minimum atomic E-state index is 0.313. The molecule has 142 valence electrons. The van der Waals surface area contributed by atoms with Crippen molar-refractivity contribution < 1.29 is 0 Å². The highest BCUT2D eigenvalue weighted by molar-refractivity contribution is 6.35. The Kier molecular flexibility index (Phi) is 4.60. The molecule has 3 nitrogen and oxygen atoms in total. The van der Waals surface area contributed by atoms with E-state index in [-0.39, 0.29) is 0 Å². The van der Waals surface area contributed by atoms with Crippen LogP contribution in [0, 0.1) is 0 Å². The fourth-order valence-corrected chi connectivity index (χ4v) is 5.25. The lowest BCUT2D eigenvalue weighted by Gasteiger charge is -2.37. The molecule has 2 aromatic rings. The summed E-state index contributed by atoms with van der Waals surface area (Å²) >= 11 is 13.1. The Morgan fingerprint density at radius 1 is 1.00 bits per heavy atom. The Labute approximate surface area is 171 Å². The summed E-state index contributed by atoms with van der Waals surface area (Å²) in [5, 5.41) is 1.55. The maximum absolute atomic E-state index is 6.65. The summed E-state index contributed by atoms with van der Waals surface area (Å²) in [6.45, 7) is 5.17. The first-order valence-electron chi connectivity index (χ1n) is 9.84. The van der Waals surface area contributed by atoms with Crippen LogP contribution in [0.5, 0.6) is 0 Å². The Hall–Kier alpha value is -1.26. The van der Waals surface area contributed by atoms with E-state index in [1.807, 2.05) is 6.07 Å². The molecule has 5 heteroatoms. The zero-order valence-electron chi connectivity index (χ0n) is 15.7. The van der Waals surface area contributed by atoms with Crippen molar-refractivity contribution in [3.05, 3.63) is 63.1 Å². The van der Waals surface area contributed by atoms with Crippen LogP contribution in [0.3, 0.4) is 0 Å². The third kappa shape index (κ3) is 3.36. The van der Waals surface area contributed by atoms with Crippen molar-refractivity contribution in [1.82, 2.24) is 9.80 Å². The minimum absolute atomic E-state index is 0.313. The molecule has 0 amide bonds. The first-order chi connectivity index (χ1) is 13.1. The number of benzene rings is 2. The highest BCUT2D eigenvalue weighted by Gasteiger charge is 2.37. The molecule has 3 aliphatic rings. The topological polar surface area (TPSA) is 9.72 Å². The van der Waals surface area contributed by atoms with Gasteiger partial charge in [-0.15, -0.1) is 0 Å². The number of likely N-dealkylation sites (N-methyl/N-ethyl adjacent to an activating group) is 1. The molecule has 1 atom stereocenters. The Morgan fingerprint density at radius 3 is 2.56 bits per heavy atom. The van der Waals surface area contributed by atoms with Crippen LogP contribution >= 0.6 is 23.2 Å². The third-order valence-electron chi connectivity index (χ3n) is 6.23. The van der Waals surface area contributed by atoms with Gasteiger partial charge in [0.05, 0.1) is 6.67 Å². The number of para-hydroxylation sites is 1. The molecule has 2 aliphatic heterocycles. The molecule has 0 N–H and O–H groups in total. The highest BCUT2D eigenvalue weighted by atomic mass is 35.5. The molecule has 0 spiro atoms. The Morgan fingerprint density at radius 2 is 1.81 bits per heavy atom. The number of hydrogen-bond acceptors (Lipinski definition) is 3. The quantitative estimate of drug-likeness (QED) is 0.730. The summed E-state index contributed by atoms with van der Waals surface area (Å²) in [6, 6.07) is 13.7. The van der Waals surface area contributed by atoms with Crippen LogP contribution in [0.25, 0.3) is 0 Å². The zero-order valence-corrected chi connectivity index (χ0v) is 17.2. The second-order valence-corrected chi connectivity index (χ2v) is 9.06. The fraction of sp³-hybridized carbons (Fsp3) is 0.455. The lowest BCUT2D eigenvalue weighted by atomic mass is 9.83. The van der Waals surface area contributed by atoms with Crippen LogP contribution in [0.1, 0.15) is 35.4 Å². The third-order valence-corrected chi connectivity index (χ3v) is 6.78. The molecule has 0 unspecified atom stereocenters. The van der Waals surface area contributed by atoms with Crippen LogP contribution in [0.15, 0.2) is 36.4 Å². The normalized spacial score (nSPS) is 23.7. The van der Waals surface area contributed by atoms with Crippen LogP contribution < -0.4 is 4.90 Å². The standard InChI is InChI=1S/C22H25Cl2N3/c1-25-8-9-26(14-25)22-5-3-2-4-17(22)19-12-27(16-6-7-16)13-20-18(19)10-15(23)11-21(20)24/h2-5,10-11,16,19H,6-9,12-14H2,1H3/t19-/m0/s1. The van der Waals surface area contributed by atoms with Gasteiger partial charge in [0.1, 0.15) is 0 Å². The molecular weight excluding hydrogens is 377 g/mol. The van der Waals surface area contributed by atoms with Gasteiger partial charge in [0, 0.05) is 53.9 Å². The van der Waals surface area contributed by atoms with E-state index < -0.39 is 0 Å². The predicted molar refractivity (Wildman–Crippen MR) is 113 cm³/mol. The lowest BCUT2D eigenvalue weighted by molar-refractivity contribution is 0.230. The van der Waals surface area contributed by atoms with Gasteiger partial charge in [-0.25, -0.2) is 0 Å². The summed E-state index contributed by atoms with van der Waals surface area (Å²) in [6.07, 6.45) is 2.62. The van der Waals surface area contributed by atoms with E-state index in [1.54, 1.807) is 0 Å². The molecule has 27 heavy (non-hydrogen) atoms. The number of fused-ring (bicyclic) bond motifs is 1. The molecule has 1 aliphatic carbocycles. The van der Waals surface area contributed by atoms with E-state index >= 15 is 0 Å². The van der Waals surface area contributed by atoms with Crippen molar-refractivity contribution in [1.29, 1.82) is 0 Å². The van der Waals surface area contributed by atoms with Gasteiger partial charge in [-0.2, -0.15) is 0 Å². The number of rotatable bonds is 3. The van der Waals surface area contributed by atoms with E-state index in [0.717, 1.165) is 48.9 Å². The number of halogens is 2. The fourth-order valence-electron chi connectivity index (χ4n) is 4.68. The Bertz CT molecular complexity index is 865. The van der Waals surface area contributed by atoms with Gasteiger partial charge in [-0.1, -0.05) is 41.4 Å². The largest absolute Gasteiger partial charge is 0.357 e. The van der Waals surface area contributed by atoms with E-state index in [0.29, 0.717) is 5.92 Å². The van der Waals surface area contributed by atoms with Gasteiger partial charge in [0.15, 0.2) is 0 Å². The van der Waals surface area contributed by atoms with Gasteiger partial charge < -0.3 is 4.90 Å². The second-order valence-electron chi connectivity index (χ2n) is 8.21. The molecule has 5 rings (SSSR count). The smallest absolute Gasteiger partial charge is 0.0705 e. The first kappa shape index (κ1) is 17.8. The second kappa shape index (κ2) is 6.97. The molecule has 2 fully saturated rings. The van der Waals surface area contributed by atoms with Gasteiger partial charge in [-0.05, 0) is 54.8 Å². The van der Waals surface area contributed by atoms with Gasteiger partial charge >= 0.3 is 0 Å². The van der Waals surface area contributed by atoms with Crippen LogP contribution in [-0.2, 0) is 6.54 Å². The van der Waals surface area contributed by atoms with E-state index in [2.05, 4.69) is 52.1 Å². The van der Waals surface area contributed by atoms with Crippen LogP contribution in [0.4, 0.5) is 5.69 Å². The average Bonchev–Trinajstić information content (AvgIpc) is 3.42. The van der Waals surface area contributed by atoms with Crippen LogP contribution in [0.2, 0.25) is 10.0 Å². The van der Waals surface area contributed by atoms with Crippen molar-refractivity contribution in [2.75, 3.05) is 38.3 Å². The van der Waals surface area contributed by atoms with Gasteiger partial charge in [0.25, 0.3) is 0 Å². The number of hydrogen-bond donors (Lipinski definition) is 0. The summed E-state index contributed by atoms with van der Waals surface area (Å²) < 4.78 is 0.